The van der Waals surface area contributed by atoms with Crippen LogP contribution in [0.1, 0.15) is 73.3 Å². The molecule has 43 heavy (non-hydrogen) atoms. The lowest BCUT2D eigenvalue weighted by molar-refractivity contribution is -0.0477. The number of hydrogen-bond donors (Lipinski definition) is 4. The molecule has 7 rings (SSSR count). The van der Waals surface area contributed by atoms with Crippen LogP contribution in [0, 0.1) is 11.7 Å². The summed E-state index contributed by atoms with van der Waals surface area (Å²) in [5.41, 5.74) is 9.41. The van der Waals surface area contributed by atoms with Crippen LogP contribution in [0.2, 0.25) is 0 Å². The number of benzene rings is 2. The topological polar surface area (TPSA) is 90.1 Å². The number of nitrogens with one attached hydrogen (secondary N) is 4. The fraction of sp³-hybridized carbons (Fsp3) is 0.606. The maximum absolute atomic E-state index is 13.5. The maximum Gasteiger partial charge on any atom is 0.251 e. The SMILES string of the molecule is O=C(N[C@@H]1COc2cc(F)ccc21)c1cccc(NCC2NNC3C4CCN(C5CCCCCCC5)CC4OCCN23)c1. The van der Waals surface area contributed by atoms with E-state index in [2.05, 4.69) is 31.3 Å². The molecule has 5 aliphatic rings. The zero-order valence-electron chi connectivity index (χ0n) is 24.9. The van der Waals surface area contributed by atoms with Gasteiger partial charge in [0.2, 0.25) is 0 Å². The van der Waals surface area contributed by atoms with E-state index in [0.29, 0.717) is 30.4 Å². The monoisotopic (exact) mass is 592 g/mol. The van der Waals surface area contributed by atoms with Gasteiger partial charge in [0.25, 0.3) is 5.91 Å². The number of carbonyl (C=O) groups is 1. The first-order chi connectivity index (χ1) is 21.1. The van der Waals surface area contributed by atoms with Gasteiger partial charge in [-0.25, -0.2) is 15.2 Å². The molecule has 4 heterocycles. The summed E-state index contributed by atoms with van der Waals surface area (Å²) in [6, 6.07) is 12.4. The number of anilines is 1. The first kappa shape index (κ1) is 29.0. The molecule has 4 N–H and O–H groups in total. The predicted molar refractivity (Wildman–Crippen MR) is 163 cm³/mol. The van der Waals surface area contributed by atoms with Crippen LogP contribution >= 0.6 is 0 Å². The number of likely N-dealkylation sites (tertiary alicyclic amines) is 1. The van der Waals surface area contributed by atoms with Crippen molar-refractivity contribution < 1.29 is 18.7 Å². The number of nitrogens with zero attached hydrogens (tertiary/aromatic N) is 2. The third-order valence-corrected chi connectivity index (χ3v) is 10.2. The predicted octanol–water partition coefficient (Wildman–Crippen LogP) is 4.00. The Kier molecular flexibility index (Phi) is 8.81. The van der Waals surface area contributed by atoms with E-state index >= 15 is 0 Å². The van der Waals surface area contributed by atoms with Crippen LogP contribution in [0.3, 0.4) is 0 Å². The molecular formula is C33H45FN6O3. The minimum Gasteiger partial charge on any atom is -0.491 e. The number of halogens is 1. The van der Waals surface area contributed by atoms with E-state index in [1.165, 1.54) is 57.1 Å². The second kappa shape index (κ2) is 13.1. The molecule has 1 aliphatic carbocycles. The molecule has 0 aromatic heterocycles. The van der Waals surface area contributed by atoms with E-state index in [1.807, 2.05) is 24.3 Å². The Hall–Kier alpha value is -2.76. The first-order valence-electron chi connectivity index (χ1n) is 16.3. The summed E-state index contributed by atoms with van der Waals surface area (Å²) in [5.74, 6) is 0.415. The van der Waals surface area contributed by atoms with Crippen molar-refractivity contribution in [1.29, 1.82) is 0 Å². The van der Waals surface area contributed by atoms with Gasteiger partial charge in [0.15, 0.2) is 0 Å². The zero-order valence-corrected chi connectivity index (χ0v) is 24.9. The highest BCUT2D eigenvalue weighted by atomic mass is 19.1. The molecule has 0 spiro atoms. The molecule has 232 valence electrons. The van der Waals surface area contributed by atoms with Crippen LogP contribution in [0.15, 0.2) is 42.5 Å². The van der Waals surface area contributed by atoms with Crippen molar-refractivity contribution in [2.24, 2.45) is 5.92 Å². The molecule has 10 heteroatoms. The fourth-order valence-corrected chi connectivity index (χ4v) is 7.82. The lowest BCUT2D eigenvalue weighted by atomic mass is 9.87. The van der Waals surface area contributed by atoms with Crippen molar-refractivity contribution in [3.8, 4) is 5.75 Å². The minimum absolute atomic E-state index is 0.112. The quantitative estimate of drug-likeness (QED) is 0.401. The van der Waals surface area contributed by atoms with Gasteiger partial charge in [0.1, 0.15) is 18.2 Å². The van der Waals surface area contributed by atoms with E-state index in [0.717, 1.165) is 50.0 Å². The Morgan fingerprint density at radius 3 is 2.74 bits per heavy atom. The second-order valence-corrected chi connectivity index (χ2v) is 12.8. The Balaban J connectivity index is 0.935. The summed E-state index contributed by atoms with van der Waals surface area (Å²) in [7, 11) is 0. The molecule has 4 unspecified atom stereocenters. The normalized spacial score (nSPS) is 30.2. The number of piperidine rings is 1. The van der Waals surface area contributed by atoms with Crippen molar-refractivity contribution in [1.82, 2.24) is 26.0 Å². The summed E-state index contributed by atoms with van der Waals surface area (Å²) in [6.07, 6.45) is 11.4. The Morgan fingerprint density at radius 1 is 1.00 bits per heavy atom. The number of carbonyl (C=O) groups excluding carboxylic acids is 1. The van der Waals surface area contributed by atoms with Gasteiger partial charge in [0.05, 0.1) is 31.1 Å². The van der Waals surface area contributed by atoms with E-state index < -0.39 is 0 Å². The molecule has 4 fully saturated rings. The van der Waals surface area contributed by atoms with Gasteiger partial charge in [-0.3, -0.25) is 14.6 Å². The maximum atomic E-state index is 13.5. The lowest BCUT2D eigenvalue weighted by Gasteiger charge is -2.44. The molecule has 0 radical (unpaired) electrons. The molecule has 2 aromatic rings. The Bertz CT molecular complexity index is 1270. The average Bonchev–Trinajstić information content (AvgIpc) is 3.54. The fourth-order valence-electron chi connectivity index (χ4n) is 7.82. The highest BCUT2D eigenvalue weighted by Gasteiger charge is 2.46. The zero-order chi connectivity index (χ0) is 29.2. The van der Waals surface area contributed by atoms with Gasteiger partial charge in [-0.2, -0.15) is 0 Å². The van der Waals surface area contributed by atoms with Crippen molar-refractivity contribution in [2.75, 3.05) is 44.7 Å². The number of amides is 1. The summed E-state index contributed by atoms with van der Waals surface area (Å²) in [6.45, 7) is 4.82. The Morgan fingerprint density at radius 2 is 1.86 bits per heavy atom. The number of ether oxygens (including phenoxy) is 2. The third-order valence-electron chi connectivity index (χ3n) is 10.2. The van der Waals surface area contributed by atoms with E-state index in [9.17, 15) is 9.18 Å². The summed E-state index contributed by atoms with van der Waals surface area (Å²) in [5, 5.41) is 6.58. The third kappa shape index (κ3) is 6.40. The standard InChI is InChI=1S/C33H45FN6O3/c34-23-11-12-26-28(21-43-29(26)18-23)36-33(41)22-7-6-8-24(17-22)35-19-31-37-38-32-27-13-14-39(20-30(27)42-16-15-40(31)32)25-9-4-2-1-3-5-10-25/h6-8,11-12,17-18,25,27-28,30-32,35,37-38H,1-5,9-10,13-16,19-21H2,(H,36,41)/t27?,28-,30?,31?,32?/m1/s1. The van der Waals surface area contributed by atoms with Crippen LogP contribution < -0.4 is 26.2 Å². The van der Waals surface area contributed by atoms with Crippen LogP contribution in [0.4, 0.5) is 10.1 Å². The highest BCUT2D eigenvalue weighted by molar-refractivity contribution is 5.95. The summed E-state index contributed by atoms with van der Waals surface area (Å²) >= 11 is 0. The summed E-state index contributed by atoms with van der Waals surface area (Å²) < 4.78 is 25.6. The molecule has 5 atom stereocenters. The average molecular weight is 593 g/mol. The van der Waals surface area contributed by atoms with E-state index in [1.54, 1.807) is 6.07 Å². The molecule has 9 nitrogen and oxygen atoms in total. The lowest BCUT2D eigenvalue weighted by Crippen LogP contribution is -2.55. The van der Waals surface area contributed by atoms with Crippen LogP contribution in [0.25, 0.3) is 0 Å². The van der Waals surface area contributed by atoms with Gasteiger partial charge in [-0.1, -0.05) is 44.2 Å². The smallest absolute Gasteiger partial charge is 0.251 e. The molecule has 1 saturated carbocycles. The largest absolute Gasteiger partial charge is 0.491 e. The number of fused-ring (bicyclic) bond motifs is 4. The number of hydrogen-bond acceptors (Lipinski definition) is 8. The van der Waals surface area contributed by atoms with E-state index in [-0.39, 0.29) is 36.2 Å². The Labute approximate surface area is 253 Å². The van der Waals surface area contributed by atoms with Crippen LogP contribution in [0.5, 0.6) is 5.75 Å². The van der Waals surface area contributed by atoms with Crippen molar-refractivity contribution >= 4 is 11.6 Å². The molecule has 0 bridgehead atoms. The highest BCUT2D eigenvalue weighted by Crippen LogP contribution is 2.34. The molecule has 1 amide bonds. The number of rotatable bonds is 6. The van der Waals surface area contributed by atoms with Gasteiger partial charge >= 0.3 is 0 Å². The molecular weight excluding hydrogens is 547 g/mol. The van der Waals surface area contributed by atoms with Crippen LogP contribution in [-0.4, -0.2) is 79.6 Å². The summed E-state index contributed by atoms with van der Waals surface area (Å²) in [4.78, 5) is 18.3. The molecule has 3 saturated heterocycles. The molecule has 4 aliphatic heterocycles. The van der Waals surface area contributed by atoms with Crippen molar-refractivity contribution in [3.05, 3.63) is 59.4 Å². The van der Waals surface area contributed by atoms with Gasteiger partial charge < -0.3 is 20.1 Å². The molecule has 2 aromatic carbocycles. The van der Waals surface area contributed by atoms with E-state index in [4.69, 9.17) is 9.47 Å². The van der Waals surface area contributed by atoms with Gasteiger partial charge in [0, 0.05) is 54.5 Å². The van der Waals surface area contributed by atoms with Crippen molar-refractivity contribution in [2.45, 2.75) is 81.9 Å². The number of hydrazine groups is 1. The van der Waals surface area contributed by atoms with Crippen LogP contribution in [-0.2, 0) is 4.74 Å². The second-order valence-electron chi connectivity index (χ2n) is 12.8. The minimum atomic E-state index is -0.346. The first-order valence-corrected chi connectivity index (χ1v) is 16.3. The van der Waals surface area contributed by atoms with Gasteiger partial charge in [-0.05, 0) is 50.1 Å². The van der Waals surface area contributed by atoms with Gasteiger partial charge in [-0.15, -0.1) is 0 Å². The van der Waals surface area contributed by atoms with Crippen molar-refractivity contribution in [3.63, 3.8) is 0 Å².